The monoisotopic (exact) mass is 330 g/mol. The van der Waals surface area contributed by atoms with Crippen LogP contribution in [0.2, 0.25) is 5.15 Å². The van der Waals surface area contributed by atoms with Gasteiger partial charge in [0, 0.05) is 11.1 Å². The van der Waals surface area contributed by atoms with Crippen LogP contribution in [0.5, 0.6) is 0 Å². The highest BCUT2D eigenvalue weighted by Crippen LogP contribution is 2.39. The summed E-state index contributed by atoms with van der Waals surface area (Å²) in [6.07, 6.45) is 2.27. The Balaban J connectivity index is 1.97. The molecule has 2 aromatic carbocycles. The Morgan fingerprint density at radius 3 is 2.08 bits per heavy atom. The Morgan fingerprint density at radius 1 is 0.750 bits per heavy atom. The summed E-state index contributed by atoms with van der Waals surface area (Å²) in [4.78, 5) is 17.8. The quantitative estimate of drug-likeness (QED) is 0.397. The molecule has 0 radical (unpaired) electrons. The van der Waals surface area contributed by atoms with Crippen molar-refractivity contribution in [2.24, 2.45) is 0 Å². The molecule has 2 aromatic heterocycles. The summed E-state index contributed by atoms with van der Waals surface area (Å²) in [5.41, 5.74) is 7.36. The van der Waals surface area contributed by atoms with Crippen LogP contribution in [-0.4, -0.2) is 19.9 Å². The molecule has 1 aliphatic rings. The third-order valence-electron chi connectivity index (χ3n) is 4.35. The van der Waals surface area contributed by atoms with Gasteiger partial charge in [0.1, 0.15) is 11.8 Å². The fourth-order valence-electron chi connectivity index (χ4n) is 3.24. The molecule has 4 nitrogen and oxygen atoms in total. The van der Waals surface area contributed by atoms with E-state index >= 15 is 0 Å². The van der Waals surface area contributed by atoms with Crippen LogP contribution in [0.1, 0.15) is 11.1 Å². The van der Waals surface area contributed by atoms with Crippen LogP contribution < -0.4 is 0 Å². The summed E-state index contributed by atoms with van der Waals surface area (Å²) < 4.78 is 0. The van der Waals surface area contributed by atoms with E-state index in [1.807, 2.05) is 12.1 Å². The van der Waals surface area contributed by atoms with E-state index in [0.29, 0.717) is 16.3 Å². The number of fused-ring (bicyclic) bond motifs is 6. The highest BCUT2D eigenvalue weighted by Gasteiger charge is 2.22. The van der Waals surface area contributed by atoms with E-state index in [-0.39, 0.29) is 0 Å². The Kier molecular flexibility index (Phi) is 2.87. The molecule has 0 saturated heterocycles. The Morgan fingerprint density at radius 2 is 1.38 bits per heavy atom. The number of rotatable bonds is 0. The lowest BCUT2D eigenvalue weighted by molar-refractivity contribution is 1.15. The van der Waals surface area contributed by atoms with Crippen LogP contribution in [0, 0.1) is 0 Å². The molecule has 0 fully saturated rings. The average molecular weight is 331 g/mol. The topological polar surface area (TPSA) is 51.6 Å². The number of hydrogen-bond donors (Lipinski definition) is 0. The first-order chi connectivity index (χ1) is 11.8. The second kappa shape index (κ2) is 5.08. The van der Waals surface area contributed by atoms with Gasteiger partial charge in [0.05, 0.1) is 11.4 Å². The lowest BCUT2D eigenvalue weighted by Gasteiger charge is -2.10. The Hall–Kier alpha value is -2.85. The maximum atomic E-state index is 6.21. The molecular weight excluding hydrogens is 320 g/mol. The molecule has 0 aliphatic heterocycles. The van der Waals surface area contributed by atoms with Crippen LogP contribution in [0.3, 0.4) is 0 Å². The third-order valence-corrected chi connectivity index (χ3v) is 4.63. The van der Waals surface area contributed by atoms with Gasteiger partial charge >= 0.3 is 0 Å². The zero-order valence-electron chi connectivity index (χ0n) is 12.6. The molecule has 0 bridgehead atoms. The van der Waals surface area contributed by atoms with Gasteiger partial charge in [0.25, 0.3) is 0 Å². The van der Waals surface area contributed by atoms with Crippen LogP contribution in [0.15, 0.2) is 54.9 Å². The van der Waals surface area contributed by atoms with E-state index in [1.165, 1.54) is 17.5 Å². The van der Waals surface area contributed by atoms with Gasteiger partial charge in [0.2, 0.25) is 0 Å². The van der Waals surface area contributed by atoms with Crippen LogP contribution >= 0.6 is 11.6 Å². The molecule has 2 heterocycles. The van der Waals surface area contributed by atoms with Crippen molar-refractivity contribution in [3.8, 4) is 22.5 Å². The maximum Gasteiger partial charge on any atom is 0.183 e. The minimum atomic E-state index is 0.324. The van der Waals surface area contributed by atoms with Crippen LogP contribution in [0.4, 0.5) is 0 Å². The Labute approximate surface area is 143 Å². The Bertz CT molecular complexity index is 1110. The second-order valence-electron chi connectivity index (χ2n) is 5.75. The molecule has 0 saturated carbocycles. The van der Waals surface area contributed by atoms with Gasteiger partial charge in [-0.05, 0) is 17.5 Å². The fourth-order valence-corrected chi connectivity index (χ4v) is 3.41. The van der Waals surface area contributed by atoms with Gasteiger partial charge in [-0.1, -0.05) is 60.1 Å². The summed E-state index contributed by atoms with van der Waals surface area (Å²) in [7, 11) is 0. The molecule has 24 heavy (non-hydrogen) atoms. The normalized spacial score (nSPS) is 12.2. The van der Waals surface area contributed by atoms with E-state index in [4.69, 9.17) is 21.6 Å². The molecule has 0 spiro atoms. The molecule has 0 atom stereocenters. The molecule has 4 aromatic rings. The van der Waals surface area contributed by atoms with E-state index in [9.17, 15) is 0 Å². The van der Waals surface area contributed by atoms with Crippen molar-refractivity contribution in [2.45, 2.75) is 6.42 Å². The van der Waals surface area contributed by atoms with Crippen molar-refractivity contribution < 1.29 is 0 Å². The summed E-state index contributed by atoms with van der Waals surface area (Å²) in [6, 6.07) is 16.6. The second-order valence-corrected chi connectivity index (χ2v) is 6.11. The molecule has 1 aliphatic carbocycles. The minimum Gasteiger partial charge on any atom is -0.239 e. The molecule has 0 amide bonds. The zero-order valence-corrected chi connectivity index (χ0v) is 13.3. The summed E-state index contributed by atoms with van der Waals surface area (Å²) in [5.74, 6) is 0. The van der Waals surface area contributed by atoms with Crippen molar-refractivity contribution in [3.05, 3.63) is 71.1 Å². The third kappa shape index (κ3) is 1.93. The summed E-state index contributed by atoms with van der Waals surface area (Å²) in [5, 5.41) is 0.324. The van der Waals surface area contributed by atoms with Gasteiger partial charge in [0.15, 0.2) is 10.8 Å². The number of benzene rings is 2. The summed E-state index contributed by atoms with van der Waals surface area (Å²) in [6.45, 7) is 0. The summed E-state index contributed by atoms with van der Waals surface area (Å²) >= 11 is 6.21. The van der Waals surface area contributed by atoms with Crippen molar-refractivity contribution >= 4 is 22.8 Å². The van der Waals surface area contributed by atoms with E-state index < -0.39 is 0 Å². The molecular formula is C19H11ClN4. The highest BCUT2D eigenvalue weighted by atomic mass is 35.5. The first-order valence-electron chi connectivity index (χ1n) is 7.66. The number of aromatic nitrogens is 4. The SMILES string of the molecule is Clc1ncnc2nc3c(nc12)-c1ccccc1Cc1ccccc1-3. The fraction of sp³-hybridized carbons (Fsp3) is 0.0526. The molecule has 0 unspecified atom stereocenters. The van der Waals surface area contributed by atoms with Crippen molar-refractivity contribution in [1.29, 1.82) is 0 Å². The number of hydrogen-bond acceptors (Lipinski definition) is 4. The van der Waals surface area contributed by atoms with E-state index in [2.05, 4.69) is 46.4 Å². The first kappa shape index (κ1) is 13.6. The molecule has 114 valence electrons. The average Bonchev–Trinajstić information content (AvgIpc) is 2.75. The van der Waals surface area contributed by atoms with Crippen LogP contribution in [-0.2, 0) is 6.42 Å². The predicted octanol–water partition coefficient (Wildman–Crippen LogP) is 4.31. The van der Waals surface area contributed by atoms with Gasteiger partial charge < -0.3 is 0 Å². The minimum absolute atomic E-state index is 0.324. The first-order valence-corrected chi connectivity index (χ1v) is 8.04. The predicted molar refractivity (Wildman–Crippen MR) is 93.8 cm³/mol. The van der Waals surface area contributed by atoms with Crippen molar-refractivity contribution in [1.82, 2.24) is 19.9 Å². The molecule has 0 N–H and O–H groups in total. The van der Waals surface area contributed by atoms with Crippen LogP contribution in [0.25, 0.3) is 33.7 Å². The van der Waals surface area contributed by atoms with Crippen molar-refractivity contribution in [2.75, 3.05) is 0 Å². The largest absolute Gasteiger partial charge is 0.239 e. The van der Waals surface area contributed by atoms with E-state index in [1.54, 1.807) is 0 Å². The lowest BCUT2D eigenvalue weighted by atomic mass is 10.00. The number of halogens is 1. The highest BCUT2D eigenvalue weighted by molar-refractivity contribution is 6.33. The zero-order chi connectivity index (χ0) is 16.1. The van der Waals surface area contributed by atoms with Gasteiger partial charge in [-0.2, -0.15) is 0 Å². The number of nitrogens with zero attached hydrogens (tertiary/aromatic N) is 4. The van der Waals surface area contributed by atoms with Gasteiger partial charge in [-0.25, -0.2) is 19.9 Å². The molecule has 5 heteroatoms. The maximum absolute atomic E-state index is 6.21. The standard InChI is InChI=1S/C19H11ClN4/c20-18-17-19(22-10-21-18)24-16-14-8-4-2-6-12(14)9-11-5-1-3-7-13(11)15(16)23-17/h1-8,10H,9H2. The van der Waals surface area contributed by atoms with Gasteiger partial charge in [-0.15, -0.1) is 0 Å². The molecule has 5 rings (SSSR count). The lowest BCUT2D eigenvalue weighted by Crippen LogP contribution is -1.98. The smallest absolute Gasteiger partial charge is 0.183 e. The van der Waals surface area contributed by atoms with Gasteiger partial charge in [-0.3, -0.25) is 0 Å². The van der Waals surface area contributed by atoms with E-state index in [0.717, 1.165) is 28.9 Å². The van der Waals surface area contributed by atoms with Crippen molar-refractivity contribution in [3.63, 3.8) is 0 Å².